The Kier molecular flexibility index (Phi) is 2.20. The Morgan fingerprint density at radius 2 is 2.60 bits per heavy atom. The zero-order valence-corrected chi connectivity index (χ0v) is 5.74. The smallest absolute Gasteiger partial charge is 0.308 e. The van der Waals surface area contributed by atoms with Gasteiger partial charge < -0.3 is 4.74 Å². The van der Waals surface area contributed by atoms with E-state index in [4.69, 9.17) is 9.16 Å². The number of aldehydes is 1. The third-order valence-corrected chi connectivity index (χ3v) is 1.08. The van der Waals surface area contributed by atoms with Gasteiger partial charge in [0.25, 0.3) is 0 Å². The van der Waals surface area contributed by atoms with Crippen molar-refractivity contribution in [2.75, 3.05) is 6.61 Å². The van der Waals surface area contributed by atoms with Gasteiger partial charge in [-0.05, 0) is 6.08 Å². The van der Waals surface area contributed by atoms with E-state index in [1.165, 1.54) is 6.92 Å². The fourth-order valence-corrected chi connectivity index (χ4v) is 0.717. The van der Waals surface area contributed by atoms with Crippen molar-refractivity contribution in [3.05, 3.63) is 12.2 Å². The van der Waals surface area contributed by atoms with Crippen LogP contribution in [-0.2, 0) is 14.0 Å². The molecule has 1 heterocycles. The maximum atomic E-state index is 10.4. The number of carbonyl (C=O) groups excluding carboxylic acids is 2. The van der Waals surface area contributed by atoms with Gasteiger partial charge in [0.2, 0.25) is 6.10 Å². The molecule has 0 bridgehead atoms. The molecule has 0 unspecified atom stereocenters. The van der Waals surface area contributed by atoms with E-state index in [1.54, 1.807) is 18.4 Å². The summed E-state index contributed by atoms with van der Waals surface area (Å²) in [4.78, 5) is 10.4. The van der Waals surface area contributed by atoms with Crippen LogP contribution < -0.4 is 0 Å². The highest BCUT2D eigenvalue weighted by Gasteiger charge is 2.15. The standard InChI is InChI=1S/C7H9O3/c1-6(8)10-7-3-2-4-9-5-7/h2-4,7H,5H2,1H3/q+1/t7-/m0/s1. The van der Waals surface area contributed by atoms with Crippen LogP contribution in [0.1, 0.15) is 6.92 Å². The van der Waals surface area contributed by atoms with Crippen molar-refractivity contribution < 1.29 is 14.0 Å². The van der Waals surface area contributed by atoms with E-state index in [1.807, 2.05) is 0 Å². The van der Waals surface area contributed by atoms with Crippen molar-refractivity contribution in [2.45, 2.75) is 13.0 Å². The molecule has 0 N–H and O–H groups in total. The quantitative estimate of drug-likeness (QED) is 0.297. The summed E-state index contributed by atoms with van der Waals surface area (Å²) < 4.78 is 9.71. The van der Waals surface area contributed by atoms with Crippen molar-refractivity contribution in [2.24, 2.45) is 0 Å². The highest BCUT2D eigenvalue weighted by atomic mass is 16.6. The molecule has 1 aliphatic rings. The van der Waals surface area contributed by atoms with Crippen molar-refractivity contribution in [1.82, 2.24) is 0 Å². The molecular weight excluding hydrogens is 132 g/mol. The molecule has 0 saturated heterocycles. The van der Waals surface area contributed by atoms with Crippen LogP contribution in [0, 0.1) is 0 Å². The molecular formula is C7H9O3+. The molecule has 0 radical (unpaired) electrons. The number of ether oxygens (including phenoxy) is 1. The van der Waals surface area contributed by atoms with Crippen molar-refractivity contribution in [1.29, 1.82) is 0 Å². The van der Waals surface area contributed by atoms with Crippen molar-refractivity contribution >= 4 is 12.3 Å². The summed E-state index contributed by atoms with van der Waals surface area (Å²) in [7, 11) is 0. The second kappa shape index (κ2) is 3.15. The predicted molar refractivity (Wildman–Crippen MR) is 35.6 cm³/mol. The Balaban J connectivity index is 2.37. The highest BCUT2D eigenvalue weighted by molar-refractivity contribution is 5.68. The minimum atomic E-state index is -0.278. The van der Waals surface area contributed by atoms with Gasteiger partial charge in [-0.15, -0.1) is 0 Å². The molecule has 0 saturated carbocycles. The van der Waals surface area contributed by atoms with Crippen LogP contribution in [0.3, 0.4) is 0 Å². The number of carbonyl (C=O) groups is 1. The summed E-state index contributed by atoms with van der Waals surface area (Å²) in [5.74, 6) is -0.278. The zero-order chi connectivity index (χ0) is 7.40. The maximum Gasteiger partial charge on any atom is 0.308 e. The zero-order valence-electron chi connectivity index (χ0n) is 5.74. The largest absolute Gasteiger partial charge is 0.448 e. The van der Waals surface area contributed by atoms with Crippen LogP contribution in [0.4, 0.5) is 0 Å². The molecule has 1 atom stereocenters. The first-order valence-corrected chi connectivity index (χ1v) is 3.08. The van der Waals surface area contributed by atoms with E-state index >= 15 is 0 Å². The van der Waals surface area contributed by atoms with E-state index in [0.29, 0.717) is 6.61 Å². The summed E-state index contributed by atoms with van der Waals surface area (Å²) in [6.45, 7) is 1.81. The Morgan fingerprint density at radius 3 is 3.10 bits per heavy atom. The van der Waals surface area contributed by atoms with Crippen LogP contribution in [0.2, 0.25) is 0 Å². The summed E-state index contributed by atoms with van der Waals surface area (Å²) >= 11 is 0. The van der Waals surface area contributed by atoms with Gasteiger partial charge in [0.05, 0.1) is 0 Å². The molecule has 0 aromatic heterocycles. The lowest BCUT2D eigenvalue weighted by molar-refractivity contribution is -0.461. The number of esters is 1. The first-order chi connectivity index (χ1) is 4.79. The summed E-state index contributed by atoms with van der Waals surface area (Å²) in [6, 6.07) is 0. The molecule has 3 heteroatoms. The Labute approximate surface area is 59.0 Å². The second-order valence-corrected chi connectivity index (χ2v) is 2.00. The molecule has 0 spiro atoms. The normalized spacial score (nSPS) is 22.7. The first-order valence-electron chi connectivity index (χ1n) is 3.08. The third kappa shape index (κ3) is 2.01. The van der Waals surface area contributed by atoms with Crippen LogP contribution in [0.5, 0.6) is 0 Å². The SMILES string of the molecule is CC(=O)O[C@H]1C=CC=[O+]C1. The van der Waals surface area contributed by atoms with Crippen molar-refractivity contribution in [3.63, 3.8) is 0 Å². The molecule has 0 fully saturated rings. The average Bonchev–Trinajstić information content (AvgIpc) is 1.88. The predicted octanol–water partition coefficient (Wildman–Crippen LogP) is 0.222. The van der Waals surface area contributed by atoms with Crippen molar-refractivity contribution in [3.8, 4) is 0 Å². The van der Waals surface area contributed by atoms with Gasteiger partial charge in [-0.25, -0.2) is 0 Å². The highest BCUT2D eigenvalue weighted by Crippen LogP contribution is 1.96. The lowest BCUT2D eigenvalue weighted by Gasteiger charge is -2.05. The molecule has 3 nitrogen and oxygen atoms in total. The number of hydrogen-bond donors (Lipinski definition) is 0. The van der Waals surface area contributed by atoms with Gasteiger partial charge in [-0.2, -0.15) is 0 Å². The number of allylic oxidation sites excluding steroid dienone is 1. The fourth-order valence-electron chi connectivity index (χ4n) is 0.717. The van der Waals surface area contributed by atoms with E-state index < -0.39 is 0 Å². The van der Waals surface area contributed by atoms with E-state index in [9.17, 15) is 4.79 Å². The second-order valence-electron chi connectivity index (χ2n) is 2.00. The van der Waals surface area contributed by atoms with Crippen LogP contribution in [0.15, 0.2) is 12.2 Å². The van der Waals surface area contributed by atoms with Gasteiger partial charge in [0.1, 0.15) is 0 Å². The molecule has 54 valence electrons. The topological polar surface area (TPSA) is 37.6 Å². The average molecular weight is 141 g/mol. The number of rotatable bonds is 1. The third-order valence-electron chi connectivity index (χ3n) is 1.08. The lowest BCUT2D eigenvalue weighted by atomic mass is 10.3. The maximum absolute atomic E-state index is 10.4. The van der Waals surface area contributed by atoms with Gasteiger partial charge in [0, 0.05) is 13.0 Å². The Hall–Kier alpha value is -1.12. The minimum absolute atomic E-state index is 0.206. The Morgan fingerprint density at radius 1 is 1.80 bits per heavy atom. The first kappa shape index (κ1) is 6.99. The molecule has 10 heavy (non-hydrogen) atoms. The van der Waals surface area contributed by atoms with Gasteiger partial charge in [-0.1, -0.05) is 0 Å². The van der Waals surface area contributed by atoms with Gasteiger partial charge >= 0.3 is 18.9 Å². The van der Waals surface area contributed by atoms with Gasteiger partial charge in [-0.3, -0.25) is 9.22 Å². The van der Waals surface area contributed by atoms with Crippen LogP contribution in [-0.4, -0.2) is 25.0 Å². The molecule has 1 rings (SSSR count). The summed E-state index contributed by atoms with van der Waals surface area (Å²) in [5, 5.41) is 0. The molecule has 0 aromatic carbocycles. The molecule has 0 amide bonds. The molecule has 0 aromatic rings. The summed E-state index contributed by atoms with van der Waals surface area (Å²) in [5.41, 5.74) is 0. The molecule has 0 aliphatic carbocycles. The Bertz CT molecular complexity index is 181. The van der Waals surface area contributed by atoms with Crippen LogP contribution in [0.25, 0.3) is 0 Å². The minimum Gasteiger partial charge on any atom is -0.448 e. The summed E-state index contributed by atoms with van der Waals surface area (Å²) in [6.07, 6.45) is 4.87. The fraction of sp³-hybridized carbons (Fsp3) is 0.429. The van der Waals surface area contributed by atoms with E-state index in [0.717, 1.165) is 0 Å². The van der Waals surface area contributed by atoms with Crippen LogP contribution >= 0.6 is 0 Å². The lowest BCUT2D eigenvalue weighted by Crippen LogP contribution is -2.20. The monoisotopic (exact) mass is 141 g/mol. The molecule has 1 aliphatic heterocycles. The van der Waals surface area contributed by atoms with Gasteiger partial charge in [0.15, 0.2) is 0 Å². The number of hydrogen-bond acceptors (Lipinski definition) is 2. The van der Waals surface area contributed by atoms with E-state index in [2.05, 4.69) is 0 Å². The van der Waals surface area contributed by atoms with E-state index in [-0.39, 0.29) is 12.1 Å².